The van der Waals surface area contributed by atoms with Crippen LogP contribution in [0, 0.1) is 0 Å². The van der Waals surface area contributed by atoms with Gasteiger partial charge in [-0.3, -0.25) is 4.79 Å². The zero-order valence-electron chi connectivity index (χ0n) is 13.9. The van der Waals surface area contributed by atoms with Crippen LogP contribution in [0.25, 0.3) is 22.2 Å². The van der Waals surface area contributed by atoms with Crippen molar-refractivity contribution in [3.8, 4) is 11.3 Å². The van der Waals surface area contributed by atoms with Gasteiger partial charge in [0.2, 0.25) is 0 Å². The molecule has 0 fully saturated rings. The second-order valence-electron chi connectivity index (χ2n) is 6.67. The fourth-order valence-corrected chi connectivity index (χ4v) is 2.67. The number of hydrogen-bond acceptors (Lipinski definition) is 3. The van der Waals surface area contributed by atoms with Crippen LogP contribution in [-0.2, 0) is 4.74 Å². The molecule has 0 aliphatic rings. The van der Waals surface area contributed by atoms with Gasteiger partial charge in [-0.15, -0.1) is 0 Å². The summed E-state index contributed by atoms with van der Waals surface area (Å²) in [6.45, 7) is 5.52. The summed E-state index contributed by atoms with van der Waals surface area (Å²) >= 11 is 0. The Morgan fingerprint density at radius 1 is 1.08 bits per heavy atom. The number of ether oxygens (including phenoxy) is 1. The molecule has 1 N–H and O–H groups in total. The third-order valence-corrected chi connectivity index (χ3v) is 3.62. The Morgan fingerprint density at radius 2 is 1.83 bits per heavy atom. The zero-order chi connectivity index (χ0) is 17.3. The molecule has 2 aromatic carbocycles. The summed E-state index contributed by atoms with van der Waals surface area (Å²) < 4.78 is 5.58. The van der Waals surface area contributed by atoms with Crippen LogP contribution in [0.1, 0.15) is 41.5 Å². The summed E-state index contributed by atoms with van der Waals surface area (Å²) in [4.78, 5) is 27.1. The molecule has 0 bridgehead atoms. The summed E-state index contributed by atoms with van der Waals surface area (Å²) in [6.07, 6.45) is 0.791. The lowest BCUT2D eigenvalue weighted by Gasteiger charge is -2.19. The standard InChI is InChI=1S/C20H19NO3/c1-20(2,3)24-19(23)17-15-9-4-5-10-16(15)21-18(17)14-8-6-7-13(11-14)12-22/h4-12,21H,1-3H3. The van der Waals surface area contributed by atoms with E-state index in [1.807, 2.05) is 51.1 Å². The first-order valence-electron chi connectivity index (χ1n) is 7.79. The number of H-pyrrole nitrogens is 1. The van der Waals surface area contributed by atoms with E-state index in [0.29, 0.717) is 16.8 Å². The van der Waals surface area contributed by atoms with Gasteiger partial charge in [0.15, 0.2) is 0 Å². The van der Waals surface area contributed by atoms with E-state index < -0.39 is 5.60 Å². The van der Waals surface area contributed by atoms with Gasteiger partial charge in [-0.05, 0) is 38.5 Å². The van der Waals surface area contributed by atoms with Gasteiger partial charge in [0.25, 0.3) is 0 Å². The highest BCUT2D eigenvalue weighted by Gasteiger charge is 2.25. The zero-order valence-corrected chi connectivity index (χ0v) is 13.9. The molecule has 122 valence electrons. The van der Waals surface area contributed by atoms with E-state index in [0.717, 1.165) is 22.8 Å². The maximum Gasteiger partial charge on any atom is 0.341 e. The summed E-state index contributed by atoms with van der Waals surface area (Å²) in [6, 6.07) is 14.7. The predicted octanol–water partition coefficient (Wildman–Crippen LogP) is 4.60. The van der Waals surface area contributed by atoms with Crippen molar-refractivity contribution in [2.24, 2.45) is 0 Å². The summed E-state index contributed by atoms with van der Waals surface area (Å²) in [5.41, 5.74) is 2.75. The molecule has 0 saturated heterocycles. The van der Waals surface area contributed by atoms with Gasteiger partial charge in [-0.1, -0.05) is 36.4 Å². The molecule has 4 heteroatoms. The number of para-hydroxylation sites is 1. The van der Waals surface area contributed by atoms with Crippen molar-refractivity contribution in [2.75, 3.05) is 0 Å². The number of carbonyl (C=O) groups excluding carboxylic acids is 2. The van der Waals surface area contributed by atoms with Crippen molar-refractivity contribution >= 4 is 23.2 Å². The van der Waals surface area contributed by atoms with Crippen molar-refractivity contribution in [3.05, 3.63) is 59.7 Å². The highest BCUT2D eigenvalue weighted by atomic mass is 16.6. The summed E-state index contributed by atoms with van der Waals surface area (Å²) in [5.74, 6) is -0.383. The van der Waals surface area contributed by atoms with Crippen LogP contribution in [0.5, 0.6) is 0 Å². The third kappa shape index (κ3) is 3.08. The fourth-order valence-electron chi connectivity index (χ4n) is 2.67. The van der Waals surface area contributed by atoms with Crippen molar-refractivity contribution in [1.82, 2.24) is 4.98 Å². The molecule has 0 amide bonds. The number of fused-ring (bicyclic) bond motifs is 1. The first kappa shape index (κ1) is 16.0. The molecule has 1 aromatic heterocycles. The summed E-state index contributed by atoms with van der Waals surface area (Å²) in [5, 5.41) is 0.804. The Balaban J connectivity index is 2.21. The van der Waals surface area contributed by atoms with Crippen LogP contribution in [0.4, 0.5) is 0 Å². The van der Waals surface area contributed by atoms with Crippen molar-refractivity contribution in [3.63, 3.8) is 0 Å². The third-order valence-electron chi connectivity index (χ3n) is 3.62. The molecule has 0 aliphatic heterocycles. The van der Waals surface area contributed by atoms with E-state index in [1.165, 1.54) is 0 Å². The van der Waals surface area contributed by atoms with Gasteiger partial charge in [-0.25, -0.2) is 4.79 Å². The lowest BCUT2D eigenvalue weighted by atomic mass is 10.0. The van der Waals surface area contributed by atoms with E-state index >= 15 is 0 Å². The van der Waals surface area contributed by atoms with Crippen LogP contribution < -0.4 is 0 Å². The Hall–Kier alpha value is -2.88. The monoisotopic (exact) mass is 321 g/mol. The van der Waals surface area contributed by atoms with Gasteiger partial charge in [0, 0.05) is 16.5 Å². The Labute approximate surface area is 140 Å². The number of aldehydes is 1. The minimum Gasteiger partial charge on any atom is -0.456 e. The highest BCUT2D eigenvalue weighted by Crippen LogP contribution is 2.32. The average Bonchev–Trinajstić information content (AvgIpc) is 2.93. The van der Waals surface area contributed by atoms with E-state index in [2.05, 4.69) is 4.98 Å². The minimum absolute atomic E-state index is 0.383. The SMILES string of the molecule is CC(C)(C)OC(=O)c1c(-c2cccc(C=O)c2)[nH]c2ccccc12. The topological polar surface area (TPSA) is 59.2 Å². The van der Waals surface area contributed by atoms with Crippen LogP contribution in [0.2, 0.25) is 0 Å². The Bertz CT molecular complexity index is 916. The number of benzene rings is 2. The lowest BCUT2D eigenvalue weighted by molar-refractivity contribution is 0.00727. The highest BCUT2D eigenvalue weighted by molar-refractivity contribution is 6.10. The van der Waals surface area contributed by atoms with Crippen LogP contribution in [-0.4, -0.2) is 22.8 Å². The summed E-state index contributed by atoms with van der Waals surface area (Å²) in [7, 11) is 0. The van der Waals surface area contributed by atoms with Gasteiger partial charge in [0.05, 0.1) is 11.3 Å². The molecule has 0 unspecified atom stereocenters. The maximum absolute atomic E-state index is 12.8. The molecule has 0 atom stereocenters. The fraction of sp³-hybridized carbons (Fsp3) is 0.200. The average molecular weight is 321 g/mol. The van der Waals surface area contributed by atoms with E-state index in [9.17, 15) is 9.59 Å². The molecule has 3 rings (SSSR count). The first-order valence-corrected chi connectivity index (χ1v) is 7.79. The predicted molar refractivity (Wildman–Crippen MR) is 94.3 cm³/mol. The number of aromatic amines is 1. The smallest absolute Gasteiger partial charge is 0.341 e. The number of nitrogens with one attached hydrogen (secondary N) is 1. The largest absolute Gasteiger partial charge is 0.456 e. The van der Waals surface area contributed by atoms with E-state index in [-0.39, 0.29) is 5.97 Å². The van der Waals surface area contributed by atoms with Crippen molar-refractivity contribution < 1.29 is 14.3 Å². The molecular weight excluding hydrogens is 302 g/mol. The second-order valence-corrected chi connectivity index (χ2v) is 6.67. The number of carbonyl (C=O) groups is 2. The molecule has 4 nitrogen and oxygen atoms in total. The van der Waals surface area contributed by atoms with Crippen LogP contribution in [0.15, 0.2) is 48.5 Å². The number of hydrogen-bond donors (Lipinski definition) is 1. The minimum atomic E-state index is -0.586. The molecule has 1 heterocycles. The van der Waals surface area contributed by atoms with E-state index in [1.54, 1.807) is 18.2 Å². The van der Waals surface area contributed by atoms with E-state index in [4.69, 9.17) is 4.74 Å². The van der Waals surface area contributed by atoms with Gasteiger partial charge in [-0.2, -0.15) is 0 Å². The molecular formula is C20H19NO3. The van der Waals surface area contributed by atoms with Crippen molar-refractivity contribution in [2.45, 2.75) is 26.4 Å². The molecule has 24 heavy (non-hydrogen) atoms. The molecule has 3 aromatic rings. The van der Waals surface area contributed by atoms with Gasteiger partial charge in [0.1, 0.15) is 11.9 Å². The second kappa shape index (κ2) is 5.96. The molecule has 0 saturated carbocycles. The van der Waals surface area contributed by atoms with Crippen molar-refractivity contribution in [1.29, 1.82) is 0 Å². The normalized spacial score (nSPS) is 11.5. The number of rotatable bonds is 3. The van der Waals surface area contributed by atoms with Gasteiger partial charge < -0.3 is 9.72 Å². The lowest BCUT2D eigenvalue weighted by Crippen LogP contribution is -2.24. The Kier molecular flexibility index (Phi) is 3.97. The number of esters is 1. The Morgan fingerprint density at radius 3 is 2.54 bits per heavy atom. The quantitative estimate of drug-likeness (QED) is 0.566. The van der Waals surface area contributed by atoms with Gasteiger partial charge >= 0.3 is 5.97 Å². The van der Waals surface area contributed by atoms with Crippen LogP contribution in [0.3, 0.4) is 0 Å². The first-order chi connectivity index (χ1) is 11.4. The maximum atomic E-state index is 12.8. The molecule has 0 aliphatic carbocycles. The molecule has 0 spiro atoms. The van der Waals surface area contributed by atoms with Crippen LogP contribution >= 0.6 is 0 Å². The number of aromatic nitrogens is 1. The molecule has 0 radical (unpaired) electrons.